The zero-order chi connectivity index (χ0) is 14.8. The Hall–Kier alpha value is -0.170. The van der Waals surface area contributed by atoms with Gasteiger partial charge >= 0.3 is 0 Å². The Bertz CT molecular complexity index is 536. The van der Waals surface area contributed by atoms with E-state index in [0.717, 1.165) is 43.4 Å². The Morgan fingerprint density at radius 2 is 2.10 bits per heavy atom. The van der Waals surface area contributed by atoms with Crippen molar-refractivity contribution in [1.29, 1.82) is 0 Å². The number of nitrogens with zero attached hydrogens (tertiary/aromatic N) is 2. The summed E-state index contributed by atoms with van der Waals surface area (Å²) >= 11 is 6.82. The van der Waals surface area contributed by atoms with Gasteiger partial charge in [-0.3, -0.25) is 0 Å². The fraction of sp³-hybridized carbons (Fsp3) is 0.769. The molecule has 0 aliphatic heterocycles. The van der Waals surface area contributed by atoms with Crippen LogP contribution in [0, 0.1) is 5.92 Å². The van der Waals surface area contributed by atoms with E-state index in [1.54, 1.807) is 4.31 Å². The van der Waals surface area contributed by atoms with Crippen LogP contribution in [0.25, 0.3) is 0 Å². The molecule has 0 atom stereocenters. The Kier molecular flexibility index (Phi) is 5.45. The van der Waals surface area contributed by atoms with Crippen molar-refractivity contribution >= 4 is 33.0 Å². The van der Waals surface area contributed by atoms with E-state index in [9.17, 15) is 8.42 Å². The van der Waals surface area contributed by atoms with E-state index < -0.39 is 10.0 Å². The maximum atomic E-state index is 12.8. The van der Waals surface area contributed by atoms with Crippen LogP contribution in [0.15, 0.2) is 10.4 Å². The molecule has 7 heteroatoms. The highest BCUT2D eigenvalue weighted by atomic mass is 35.5. The first-order chi connectivity index (χ1) is 9.41. The second-order valence-electron chi connectivity index (χ2n) is 5.67. The minimum atomic E-state index is -3.45. The molecule has 20 heavy (non-hydrogen) atoms. The quantitative estimate of drug-likeness (QED) is 0.794. The van der Waals surface area contributed by atoms with Crippen molar-refractivity contribution in [3.8, 4) is 0 Å². The molecular formula is C13H21ClN2O2S2. The lowest BCUT2D eigenvalue weighted by atomic mass is 10.1. The van der Waals surface area contributed by atoms with Gasteiger partial charge in [0.1, 0.15) is 0 Å². The minimum absolute atomic E-state index is 0.139. The molecule has 0 amide bonds. The van der Waals surface area contributed by atoms with Crippen molar-refractivity contribution < 1.29 is 8.42 Å². The number of sulfonamides is 1. The van der Waals surface area contributed by atoms with Gasteiger partial charge in [0.2, 0.25) is 0 Å². The zero-order valence-corrected chi connectivity index (χ0v) is 14.3. The van der Waals surface area contributed by atoms with Gasteiger partial charge in [-0.15, -0.1) is 0 Å². The fourth-order valence-electron chi connectivity index (χ4n) is 2.55. The van der Waals surface area contributed by atoms with E-state index >= 15 is 0 Å². The van der Waals surface area contributed by atoms with Gasteiger partial charge in [-0.25, -0.2) is 13.4 Å². The number of hydrogen-bond acceptors (Lipinski definition) is 4. The summed E-state index contributed by atoms with van der Waals surface area (Å²) in [7, 11) is -3.45. The van der Waals surface area contributed by atoms with Crippen molar-refractivity contribution in [3.63, 3.8) is 0 Å². The molecule has 1 aromatic heterocycles. The van der Waals surface area contributed by atoms with Crippen molar-refractivity contribution in [1.82, 2.24) is 9.29 Å². The van der Waals surface area contributed by atoms with Crippen molar-refractivity contribution in [2.24, 2.45) is 5.92 Å². The van der Waals surface area contributed by atoms with Crippen LogP contribution >= 0.6 is 22.9 Å². The average Bonchev–Trinajstić information content (AvgIpc) is 3.00. The molecule has 0 spiro atoms. The van der Waals surface area contributed by atoms with E-state index in [1.807, 2.05) is 0 Å². The summed E-state index contributed by atoms with van der Waals surface area (Å²) in [6.45, 7) is 4.81. The molecular weight excluding hydrogens is 316 g/mol. The first-order valence-electron chi connectivity index (χ1n) is 7.04. The SMILES string of the molecule is CC(C)CCN(C1CCCC1)S(=O)(=O)c1cnc(Cl)s1. The highest BCUT2D eigenvalue weighted by Gasteiger charge is 2.34. The first kappa shape index (κ1) is 16.2. The lowest BCUT2D eigenvalue weighted by Crippen LogP contribution is -2.39. The molecule has 0 saturated heterocycles. The predicted molar refractivity (Wildman–Crippen MR) is 82.7 cm³/mol. The lowest BCUT2D eigenvalue weighted by Gasteiger charge is -2.28. The van der Waals surface area contributed by atoms with Gasteiger partial charge in [-0.2, -0.15) is 4.31 Å². The molecule has 4 nitrogen and oxygen atoms in total. The predicted octanol–water partition coefficient (Wildman–Crippen LogP) is 3.78. The first-order valence-corrected chi connectivity index (χ1v) is 9.68. The van der Waals surface area contributed by atoms with E-state index in [0.29, 0.717) is 12.5 Å². The number of thiazole rings is 1. The maximum Gasteiger partial charge on any atom is 0.254 e. The van der Waals surface area contributed by atoms with Crippen molar-refractivity contribution in [3.05, 3.63) is 10.7 Å². The molecule has 2 rings (SSSR count). The van der Waals surface area contributed by atoms with Gasteiger partial charge in [-0.1, -0.05) is 49.6 Å². The van der Waals surface area contributed by atoms with Crippen LogP contribution in [0.5, 0.6) is 0 Å². The highest BCUT2D eigenvalue weighted by molar-refractivity contribution is 7.91. The fourth-order valence-corrected chi connectivity index (χ4v) is 5.67. The largest absolute Gasteiger partial charge is 0.254 e. The molecule has 1 saturated carbocycles. The Morgan fingerprint density at radius 1 is 1.45 bits per heavy atom. The smallest absolute Gasteiger partial charge is 0.232 e. The summed E-state index contributed by atoms with van der Waals surface area (Å²) in [5.41, 5.74) is 0. The third-order valence-corrected chi connectivity index (χ3v) is 7.18. The molecule has 0 bridgehead atoms. The van der Waals surface area contributed by atoms with Crippen LogP contribution in [-0.4, -0.2) is 30.3 Å². The van der Waals surface area contributed by atoms with Crippen LogP contribution < -0.4 is 0 Å². The standard InChI is InChI=1S/C13H21ClN2O2S2/c1-10(2)7-8-16(11-5-3-4-6-11)20(17,18)12-9-15-13(14)19-12/h9-11H,3-8H2,1-2H3. The van der Waals surface area contributed by atoms with Gasteiger partial charge in [0.25, 0.3) is 10.0 Å². The highest BCUT2D eigenvalue weighted by Crippen LogP contribution is 2.32. The molecule has 114 valence electrons. The van der Waals surface area contributed by atoms with E-state index in [-0.39, 0.29) is 14.7 Å². The molecule has 1 fully saturated rings. The second kappa shape index (κ2) is 6.73. The molecule has 0 unspecified atom stereocenters. The molecule has 1 heterocycles. The normalized spacial score (nSPS) is 17.4. The van der Waals surface area contributed by atoms with E-state index in [2.05, 4.69) is 18.8 Å². The number of aromatic nitrogens is 1. The average molecular weight is 337 g/mol. The zero-order valence-electron chi connectivity index (χ0n) is 11.9. The topological polar surface area (TPSA) is 50.3 Å². The molecule has 1 aliphatic rings. The lowest BCUT2D eigenvalue weighted by molar-refractivity contribution is 0.305. The molecule has 1 aromatic rings. The molecule has 0 radical (unpaired) electrons. The van der Waals surface area contributed by atoms with Gasteiger partial charge < -0.3 is 0 Å². The summed E-state index contributed by atoms with van der Waals surface area (Å²) < 4.78 is 27.8. The van der Waals surface area contributed by atoms with Gasteiger partial charge in [0.05, 0.1) is 6.20 Å². The second-order valence-corrected chi connectivity index (χ2v) is 9.40. The Balaban J connectivity index is 2.24. The van der Waals surface area contributed by atoms with Crippen LogP contribution in [0.3, 0.4) is 0 Å². The number of rotatable bonds is 6. The third kappa shape index (κ3) is 3.72. The van der Waals surface area contributed by atoms with E-state index in [1.165, 1.54) is 6.20 Å². The Labute approximate surface area is 130 Å². The summed E-state index contributed by atoms with van der Waals surface area (Å²) in [5.74, 6) is 0.485. The molecule has 1 aliphatic carbocycles. The Morgan fingerprint density at radius 3 is 2.60 bits per heavy atom. The van der Waals surface area contributed by atoms with E-state index in [4.69, 9.17) is 11.6 Å². The number of halogens is 1. The van der Waals surface area contributed by atoms with Crippen LogP contribution in [0.4, 0.5) is 0 Å². The van der Waals surface area contributed by atoms with Gasteiger partial charge in [-0.05, 0) is 25.2 Å². The monoisotopic (exact) mass is 336 g/mol. The summed E-state index contributed by atoms with van der Waals surface area (Å²) in [4.78, 5) is 3.87. The third-order valence-electron chi connectivity index (χ3n) is 3.68. The van der Waals surface area contributed by atoms with Crippen molar-refractivity contribution in [2.75, 3.05) is 6.54 Å². The van der Waals surface area contributed by atoms with Crippen LogP contribution in [0.1, 0.15) is 46.0 Å². The van der Waals surface area contributed by atoms with Gasteiger partial charge in [0.15, 0.2) is 8.68 Å². The van der Waals surface area contributed by atoms with Crippen molar-refractivity contribution in [2.45, 2.75) is 56.2 Å². The van der Waals surface area contributed by atoms with Gasteiger partial charge in [0, 0.05) is 12.6 Å². The summed E-state index contributed by atoms with van der Waals surface area (Å²) in [6.07, 6.45) is 6.40. The summed E-state index contributed by atoms with van der Waals surface area (Å²) in [5, 5.41) is 0. The van der Waals surface area contributed by atoms with Crippen LogP contribution in [0.2, 0.25) is 4.47 Å². The number of hydrogen-bond donors (Lipinski definition) is 0. The van der Waals surface area contributed by atoms with Crippen LogP contribution in [-0.2, 0) is 10.0 Å². The summed E-state index contributed by atoms with van der Waals surface area (Å²) in [6, 6.07) is 0.139. The molecule has 0 N–H and O–H groups in total. The molecule has 0 aromatic carbocycles. The maximum absolute atomic E-state index is 12.8. The minimum Gasteiger partial charge on any atom is -0.232 e.